The molecule has 6 heteroatoms. The van der Waals surface area contributed by atoms with Gasteiger partial charge in [-0.15, -0.1) is 0 Å². The first-order valence-electron chi connectivity index (χ1n) is 5.77. The van der Waals surface area contributed by atoms with E-state index in [1.165, 1.54) is 24.5 Å². The summed E-state index contributed by atoms with van der Waals surface area (Å²) in [6.45, 7) is 0.153. The molecule has 2 aromatic rings. The number of aromatic nitrogens is 2. The lowest BCUT2D eigenvalue weighted by atomic mass is 10.1. The SMILES string of the molecule is NCC#Cc1ccc(F)cc1C(=O)Nc1ncccn1. The lowest BCUT2D eigenvalue weighted by Crippen LogP contribution is -2.15. The maximum Gasteiger partial charge on any atom is 0.259 e. The van der Waals surface area contributed by atoms with E-state index in [0.29, 0.717) is 5.56 Å². The van der Waals surface area contributed by atoms with Crippen molar-refractivity contribution in [3.63, 3.8) is 0 Å². The van der Waals surface area contributed by atoms with E-state index in [0.717, 1.165) is 6.07 Å². The molecule has 0 saturated carbocycles. The minimum Gasteiger partial charge on any atom is -0.320 e. The molecule has 0 radical (unpaired) electrons. The number of carbonyl (C=O) groups is 1. The molecule has 0 aliphatic carbocycles. The molecule has 1 heterocycles. The van der Waals surface area contributed by atoms with Crippen LogP contribution in [0.2, 0.25) is 0 Å². The second kappa shape index (κ2) is 6.41. The molecule has 2 rings (SSSR count). The standard InChI is InChI=1S/C14H11FN4O/c15-11-5-4-10(3-1-6-16)12(9-11)13(20)19-14-17-7-2-8-18-14/h2,4-5,7-9H,6,16H2,(H,17,18,19,20). The van der Waals surface area contributed by atoms with Crippen molar-refractivity contribution in [2.24, 2.45) is 5.73 Å². The van der Waals surface area contributed by atoms with Crippen LogP contribution in [0.25, 0.3) is 0 Å². The molecule has 0 bridgehead atoms. The number of halogens is 1. The Morgan fingerprint density at radius 3 is 2.80 bits per heavy atom. The minimum absolute atomic E-state index is 0.110. The zero-order valence-electron chi connectivity index (χ0n) is 10.4. The van der Waals surface area contributed by atoms with Crippen molar-refractivity contribution in [2.45, 2.75) is 0 Å². The van der Waals surface area contributed by atoms with Crippen molar-refractivity contribution in [1.29, 1.82) is 0 Å². The molecule has 1 amide bonds. The molecule has 0 atom stereocenters. The van der Waals surface area contributed by atoms with E-state index in [1.807, 2.05) is 0 Å². The van der Waals surface area contributed by atoms with E-state index in [4.69, 9.17) is 5.73 Å². The summed E-state index contributed by atoms with van der Waals surface area (Å²) in [5, 5.41) is 2.48. The molecule has 0 spiro atoms. The molecule has 0 aliphatic rings. The van der Waals surface area contributed by atoms with Gasteiger partial charge in [0.15, 0.2) is 0 Å². The largest absolute Gasteiger partial charge is 0.320 e. The summed E-state index contributed by atoms with van der Waals surface area (Å²) < 4.78 is 13.3. The summed E-state index contributed by atoms with van der Waals surface area (Å²) >= 11 is 0. The van der Waals surface area contributed by atoms with Gasteiger partial charge in [0.25, 0.3) is 5.91 Å². The molecule has 0 aliphatic heterocycles. The molecule has 0 saturated heterocycles. The van der Waals surface area contributed by atoms with Crippen molar-refractivity contribution < 1.29 is 9.18 Å². The van der Waals surface area contributed by atoms with Crippen LogP contribution in [-0.4, -0.2) is 22.4 Å². The highest BCUT2D eigenvalue weighted by molar-refractivity contribution is 6.05. The monoisotopic (exact) mass is 270 g/mol. The van der Waals surface area contributed by atoms with Gasteiger partial charge in [-0.25, -0.2) is 14.4 Å². The van der Waals surface area contributed by atoms with Gasteiger partial charge in [0.05, 0.1) is 12.1 Å². The second-order valence-corrected chi connectivity index (χ2v) is 3.72. The fourth-order valence-electron chi connectivity index (χ4n) is 1.49. The summed E-state index contributed by atoms with van der Waals surface area (Å²) in [7, 11) is 0. The van der Waals surface area contributed by atoms with Crippen LogP contribution in [0.1, 0.15) is 15.9 Å². The average molecular weight is 270 g/mol. The van der Waals surface area contributed by atoms with Crippen LogP contribution in [0.15, 0.2) is 36.7 Å². The number of hydrogen-bond donors (Lipinski definition) is 2. The predicted molar refractivity (Wildman–Crippen MR) is 72.3 cm³/mol. The smallest absolute Gasteiger partial charge is 0.259 e. The first-order valence-corrected chi connectivity index (χ1v) is 5.77. The van der Waals surface area contributed by atoms with Gasteiger partial charge in [0.2, 0.25) is 5.95 Å². The summed E-state index contributed by atoms with van der Waals surface area (Å²) in [4.78, 5) is 19.8. The maximum absolute atomic E-state index is 13.3. The molecular formula is C14H11FN4O. The molecule has 1 aromatic heterocycles. The Morgan fingerprint density at radius 1 is 1.35 bits per heavy atom. The van der Waals surface area contributed by atoms with Crippen molar-refractivity contribution in [3.05, 3.63) is 53.6 Å². The fraction of sp³-hybridized carbons (Fsp3) is 0.0714. The zero-order valence-corrected chi connectivity index (χ0v) is 10.4. The normalized spacial score (nSPS) is 9.50. The maximum atomic E-state index is 13.3. The number of nitrogens with two attached hydrogens (primary N) is 1. The molecule has 5 nitrogen and oxygen atoms in total. The van der Waals surface area contributed by atoms with E-state index < -0.39 is 11.7 Å². The van der Waals surface area contributed by atoms with Gasteiger partial charge in [-0.2, -0.15) is 0 Å². The Hall–Kier alpha value is -2.78. The van der Waals surface area contributed by atoms with E-state index >= 15 is 0 Å². The van der Waals surface area contributed by atoms with E-state index in [-0.39, 0.29) is 18.1 Å². The number of benzene rings is 1. The number of rotatable bonds is 2. The first kappa shape index (κ1) is 13.6. The molecule has 20 heavy (non-hydrogen) atoms. The number of anilines is 1. The van der Waals surface area contributed by atoms with Gasteiger partial charge in [0.1, 0.15) is 5.82 Å². The van der Waals surface area contributed by atoms with Crippen molar-refractivity contribution >= 4 is 11.9 Å². The molecule has 0 fully saturated rings. The second-order valence-electron chi connectivity index (χ2n) is 3.72. The number of carbonyl (C=O) groups excluding carboxylic acids is 1. The third-order valence-corrected chi connectivity index (χ3v) is 2.34. The van der Waals surface area contributed by atoms with Crippen molar-refractivity contribution in [3.8, 4) is 11.8 Å². The Balaban J connectivity index is 2.31. The van der Waals surface area contributed by atoms with Crippen molar-refractivity contribution in [1.82, 2.24) is 9.97 Å². The average Bonchev–Trinajstić information content (AvgIpc) is 2.47. The van der Waals surface area contributed by atoms with E-state index in [1.54, 1.807) is 6.07 Å². The third kappa shape index (κ3) is 3.37. The van der Waals surface area contributed by atoms with Crippen LogP contribution in [0.5, 0.6) is 0 Å². The summed E-state index contributed by atoms with van der Waals surface area (Å²) in [6, 6.07) is 5.39. The van der Waals surface area contributed by atoms with Crippen LogP contribution in [0, 0.1) is 17.7 Å². The number of amides is 1. The Labute approximate surface area is 115 Å². The molecule has 0 unspecified atom stereocenters. The highest BCUT2D eigenvalue weighted by Crippen LogP contribution is 2.12. The van der Waals surface area contributed by atoms with Gasteiger partial charge < -0.3 is 5.73 Å². The van der Waals surface area contributed by atoms with Crippen LogP contribution in [0.3, 0.4) is 0 Å². The summed E-state index contributed by atoms with van der Waals surface area (Å²) in [5.41, 5.74) is 5.79. The van der Waals surface area contributed by atoms with Gasteiger partial charge in [-0.1, -0.05) is 11.8 Å². The zero-order chi connectivity index (χ0) is 14.4. The Kier molecular flexibility index (Phi) is 4.37. The number of nitrogens with one attached hydrogen (secondary N) is 1. The lowest BCUT2D eigenvalue weighted by molar-refractivity contribution is 0.102. The highest BCUT2D eigenvalue weighted by atomic mass is 19.1. The topological polar surface area (TPSA) is 80.9 Å². The number of hydrogen-bond acceptors (Lipinski definition) is 4. The Bertz CT molecular complexity index is 677. The molecule has 3 N–H and O–H groups in total. The van der Waals surface area contributed by atoms with Crippen LogP contribution in [-0.2, 0) is 0 Å². The molecular weight excluding hydrogens is 259 g/mol. The van der Waals surface area contributed by atoms with E-state index in [2.05, 4.69) is 27.1 Å². The predicted octanol–water partition coefficient (Wildman–Crippen LogP) is 1.18. The third-order valence-electron chi connectivity index (χ3n) is 2.34. The van der Waals surface area contributed by atoms with Gasteiger partial charge in [-0.3, -0.25) is 10.1 Å². The summed E-state index contributed by atoms with van der Waals surface area (Å²) in [6.07, 6.45) is 2.98. The lowest BCUT2D eigenvalue weighted by Gasteiger charge is -2.05. The summed E-state index contributed by atoms with van der Waals surface area (Å²) in [5.74, 6) is 4.43. The van der Waals surface area contributed by atoms with E-state index in [9.17, 15) is 9.18 Å². The number of nitrogens with zero attached hydrogens (tertiary/aromatic N) is 2. The highest BCUT2D eigenvalue weighted by Gasteiger charge is 2.12. The van der Waals surface area contributed by atoms with Gasteiger partial charge >= 0.3 is 0 Å². The van der Waals surface area contributed by atoms with Crippen molar-refractivity contribution in [2.75, 3.05) is 11.9 Å². The van der Waals surface area contributed by atoms with Crippen LogP contribution < -0.4 is 11.1 Å². The fourth-order valence-corrected chi connectivity index (χ4v) is 1.49. The first-order chi connectivity index (χ1) is 9.70. The Morgan fingerprint density at radius 2 is 2.10 bits per heavy atom. The quantitative estimate of drug-likeness (QED) is 0.803. The minimum atomic E-state index is -0.531. The van der Waals surface area contributed by atoms with Crippen LogP contribution >= 0.6 is 0 Å². The molecule has 1 aromatic carbocycles. The molecule has 100 valence electrons. The van der Waals surface area contributed by atoms with Gasteiger partial charge in [-0.05, 0) is 24.3 Å². The van der Waals surface area contributed by atoms with Crippen LogP contribution in [0.4, 0.5) is 10.3 Å². The van der Waals surface area contributed by atoms with Gasteiger partial charge in [0, 0.05) is 18.0 Å².